The number of rotatable bonds is 19. The van der Waals surface area contributed by atoms with Crippen LogP contribution in [0.2, 0.25) is 6.04 Å². The summed E-state index contributed by atoms with van der Waals surface area (Å²) in [5.41, 5.74) is 0. The highest BCUT2D eigenvalue weighted by atomic mass is 35.5. The van der Waals surface area contributed by atoms with Crippen molar-refractivity contribution in [3.63, 3.8) is 0 Å². The van der Waals surface area contributed by atoms with Crippen LogP contribution in [-0.2, 0) is 4.43 Å². The van der Waals surface area contributed by atoms with Crippen molar-refractivity contribution >= 4 is 33.0 Å². The first-order valence-corrected chi connectivity index (χ1v) is 12.6. The van der Waals surface area contributed by atoms with Gasteiger partial charge in [-0.1, -0.05) is 133 Å². The van der Waals surface area contributed by atoms with E-state index in [1.165, 1.54) is 109 Å². The Balaban J connectivity index is 2.95. The zero-order valence-electron chi connectivity index (χ0n) is 15.5. The molecule has 0 amide bonds. The Hall–Kier alpha value is 0.757. The third kappa shape index (κ3) is 22.8. The summed E-state index contributed by atoms with van der Waals surface area (Å²) in [6.07, 6.45) is 22.8. The third-order valence-corrected chi connectivity index (χ3v) is 6.52. The number of halogens is 2. The van der Waals surface area contributed by atoms with Crippen LogP contribution < -0.4 is 0 Å². The molecule has 0 unspecified atom stereocenters. The van der Waals surface area contributed by atoms with Gasteiger partial charge in [-0.3, -0.25) is 0 Å². The molecule has 140 valence electrons. The minimum Gasteiger partial charge on any atom is -0.397 e. The first-order valence-electron chi connectivity index (χ1n) is 10.2. The summed E-state index contributed by atoms with van der Waals surface area (Å²) in [6, 6.07) is 1.22. The van der Waals surface area contributed by atoms with Gasteiger partial charge < -0.3 is 4.43 Å². The summed E-state index contributed by atoms with van der Waals surface area (Å²) in [5, 5.41) is -0.595. The first kappa shape index (κ1) is 23.8. The van der Waals surface area contributed by atoms with Crippen LogP contribution in [0, 0.1) is 0 Å². The molecule has 0 aromatic carbocycles. The second-order valence-corrected chi connectivity index (χ2v) is 9.25. The zero-order chi connectivity index (χ0) is 17.0. The lowest BCUT2D eigenvalue weighted by Crippen LogP contribution is -2.01. The van der Waals surface area contributed by atoms with Crippen LogP contribution in [0.15, 0.2) is 0 Å². The van der Waals surface area contributed by atoms with Gasteiger partial charge in [-0.05, 0) is 6.04 Å². The van der Waals surface area contributed by atoms with E-state index in [-0.39, 0.29) is 0 Å². The molecule has 0 N–H and O–H groups in total. The fraction of sp³-hybridized carbons (Fsp3) is 1.00. The number of hydrogen-bond donors (Lipinski definition) is 0. The second-order valence-electron chi connectivity index (χ2n) is 6.79. The zero-order valence-corrected chi connectivity index (χ0v) is 18.4. The predicted molar refractivity (Wildman–Crippen MR) is 109 cm³/mol. The summed E-state index contributed by atoms with van der Waals surface area (Å²) in [6.45, 7) is 2.29. The molecule has 0 aromatic heterocycles. The van der Waals surface area contributed by atoms with Crippen LogP contribution in [0.3, 0.4) is 0 Å². The molecule has 0 aliphatic rings. The number of unbranched alkanes of at least 4 members (excludes halogenated alkanes) is 15. The highest BCUT2D eigenvalue weighted by Crippen LogP contribution is 2.14. The topological polar surface area (TPSA) is 9.23 Å². The molecular formula is C19H40Cl2OSi. The predicted octanol–water partition coefficient (Wildman–Crippen LogP) is 7.53. The maximum Gasteiger partial charge on any atom is 0.197 e. The minimum atomic E-state index is -0.595. The van der Waals surface area contributed by atoms with Crippen molar-refractivity contribution in [2.24, 2.45) is 0 Å². The van der Waals surface area contributed by atoms with Crippen LogP contribution in [0.1, 0.15) is 110 Å². The van der Waals surface area contributed by atoms with E-state index >= 15 is 0 Å². The number of alkyl halides is 2. The lowest BCUT2D eigenvalue weighted by molar-refractivity contribution is 0.374. The number of hydrogen-bond acceptors (Lipinski definition) is 1. The monoisotopic (exact) mass is 382 g/mol. The Kier molecular flexibility index (Phi) is 21.5. The standard InChI is InChI=1S/C19H40Cl2OSi/c1-2-3-4-5-6-7-8-9-10-11-12-13-14-15-16-17-18-23-22-19(20)21/h19H,2-18,23H2,1H3. The van der Waals surface area contributed by atoms with Gasteiger partial charge in [-0.15, -0.1) is 0 Å². The van der Waals surface area contributed by atoms with Gasteiger partial charge in [-0.2, -0.15) is 0 Å². The molecule has 0 spiro atoms. The van der Waals surface area contributed by atoms with Crippen molar-refractivity contribution in [1.29, 1.82) is 0 Å². The quantitative estimate of drug-likeness (QED) is 0.127. The summed E-state index contributed by atoms with van der Waals surface area (Å²) in [4.78, 5) is 0. The molecule has 0 saturated carbocycles. The Morgan fingerprint density at radius 2 is 0.957 bits per heavy atom. The molecule has 0 radical (unpaired) electrons. The molecule has 1 nitrogen and oxygen atoms in total. The highest BCUT2D eigenvalue weighted by Gasteiger charge is 1.98. The molecular weight excluding hydrogens is 343 g/mol. The van der Waals surface area contributed by atoms with Gasteiger partial charge in [0, 0.05) is 0 Å². The van der Waals surface area contributed by atoms with Crippen molar-refractivity contribution in [1.82, 2.24) is 0 Å². The molecule has 0 saturated heterocycles. The Morgan fingerprint density at radius 1 is 0.609 bits per heavy atom. The lowest BCUT2D eigenvalue weighted by Gasteiger charge is -2.04. The molecule has 0 aliphatic heterocycles. The van der Waals surface area contributed by atoms with E-state index in [9.17, 15) is 0 Å². The van der Waals surface area contributed by atoms with E-state index < -0.39 is 14.8 Å². The van der Waals surface area contributed by atoms with Gasteiger partial charge in [0.25, 0.3) is 0 Å². The van der Waals surface area contributed by atoms with Gasteiger partial charge in [0.1, 0.15) is 0 Å². The van der Waals surface area contributed by atoms with Crippen molar-refractivity contribution in [3.8, 4) is 0 Å². The summed E-state index contributed by atoms with van der Waals surface area (Å²) < 4.78 is 5.24. The Bertz CT molecular complexity index is 216. The van der Waals surface area contributed by atoms with E-state index in [2.05, 4.69) is 6.92 Å². The van der Waals surface area contributed by atoms with Crippen LogP contribution in [0.5, 0.6) is 0 Å². The fourth-order valence-corrected chi connectivity index (χ4v) is 4.44. The highest BCUT2D eigenvalue weighted by molar-refractivity contribution is 6.45. The van der Waals surface area contributed by atoms with E-state index in [1.54, 1.807) is 0 Å². The molecule has 0 fully saturated rings. The van der Waals surface area contributed by atoms with Crippen molar-refractivity contribution < 1.29 is 4.43 Å². The van der Waals surface area contributed by atoms with Crippen molar-refractivity contribution in [2.45, 2.75) is 121 Å². The summed E-state index contributed by atoms with van der Waals surface area (Å²) in [5.74, 6) is 0. The van der Waals surface area contributed by atoms with Gasteiger partial charge in [0.05, 0.1) is 0 Å². The summed E-state index contributed by atoms with van der Waals surface area (Å²) >= 11 is 11.1. The molecule has 0 atom stereocenters. The molecule has 0 heterocycles. The fourth-order valence-electron chi connectivity index (χ4n) is 3.00. The average Bonchev–Trinajstić information content (AvgIpc) is 2.53. The van der Waals surface area contributed by atoms with Crippen molar-refractivity contribution in [2.75, 3.05) is 0 Å². The van der Waals surface area contributed by atoms with E-state index in [4.69, 9.17) is 27.6 Å². The van der Waals surface area contributed by atoms with Crippen molar-refractivity contribution in [3.05, 3.63) is 0 Å². The molecule has 0 aliphatic carbocycles. The van der Waals surface area contributed by atoms with E-state index in [1.807, 2.05) is 0 Å². The van der Waals surface area contributed by atoms with Gasteiger partial charge in [-0.25, -0.2) is 0 Å². The van der Waals surface area contributed by atoms with E-state index in [0.29, 0.717) is 0 Å². The lowest BCUT2D eigenvalue weighted by atomic mass is 10.0. The first-order chi connectivity index (χ1) is 11.3. The summed E-state index contributed by atoms with van der Waals surface area (Å²) in [7, 11) is -0.465. The normalized spacial score (nSPS) is 12.0. The molecule has 23 heavy (non-hydrogen) atoms. The maximum absolute atomic E-state index is 5.53. The van der Waals surface area contributed by atoms with Gasteiger partial charge in [0.2, 0.25) is 0 Å². The third-order valence-electron chi connectivity index (χ3n) is 4.49. The average molecular weight is 384 g/mol. The smallest absolute Gasteiger partial charge is 0.197 e. The van der Waals surface area contributed by atoms with Crippen LogP contribution in [0.25, 0.3) is 0 Å². The maximum atomic E-state index is 5.53. The molecule has 4 heteroatoms. The van der Waals surface area contributed by atoms with E-state index in [0.717, 1.165) is 0 Å². The largest absolute Gasteiger partial charge is 0.397 e. The molecule has 0 aromatic rings. The van der Waals surface area contributed by atoms with Gasteiger partial charge >= 0.3 is 0 Å². The SMILES string of the molecule is CCCCCCCCCCCCCCCCCC[SiH2]OC(Cl)Cl. The second kappa shape index (κ2) is 20.8. The Labute approximate surface area is 158 Å². The molecule has 0 rings (SSSR count). The Morgan fingerprint density at radius 3 is 1.30 bits per heavy atom. The minimum absolute atomic E-state index is 0.465. The van der Waals surface area contributed by atoms with Gasteiger partial charge in [0.15, 0.2) is 14.8 Å². The van der Waals surface area contributed by atoms with Crippen LogP contribution >= 0.6 is 23.2 Å². The van der Waals surface area contributed by atoms with Crippen LogP contribution in [-0.4, -0.2) is 14.8 Å². The molecule has 0 bridgehead atoms. The van der Waals surface area contributed by atoms with Crippen LogP contribution in [0.4, 0.5) is 0 Å².